The van der Waals surface area contributed by atoms with Crippen molar-refractivity contribution in [2.75, 3.05) is 0 Å². The van der Waals surface area contributed by atoms with Crippen molar-refractivity contribution in [3.8, 4) is 0 Å². The summed E-state index contributed by atoms with van der Waals surface area (Å²) in [6.45, 7) is 3.09. The van der Waals surface area contributed by atoms with E-state index in [0.29, 0.717) is 5.92 Å². The normalized spacial score (nSPS) is 16.4. The van der Waals surface area contributed by atoms with E-state index in [-0.39, 0.29) is 6.04 Å². The summed E-state index contributed by atoms with van der Waals surface area (Å²) in [6, 6.07) is 8.71. The van der Waals surface area contributed by atoms with Gasteiger partial charge in [0.05, 0.1) is 22.4 Å². The quantitative estimate of drug-likeness (QED) is 0.930. The van der Waals surface area contributed by atoms with Gasteiger partial charge in [0, 0.05) is 6.54 Å². The van der Waals surface area contributed by atoms with Gasteiger partial charge in [-0.2, -0.15) is 5.10 Å². The third-order valence-electron chi connectivity index (χ3n) is 4.17. The number of hydrogen-bond acceptors (Lipinski definition) is 2. The highest BCUT2D eigenvalue weighted by molar-refractivity contribution is 9.10. The van der Waals surface area contributed by atoms with Gasteiger partial charge in [-0.25, -0.2) is 0 Å². The molecule has 0 spiro atoms. The molecule has 0 fully saturated rings. The average Bonchev–Trinajstić information content (AvgIpc) is 3.02. The van der Waals surface area contributed by atoms with Crippen LogP contribution < -0.4 is 5.73 Å². The molecule has 0 saturated carbocycles. The molecule has 1 aromatic heterocycles. The molecule has 1 aliphatic rings. The van der Waals surface area contributed by atoms with Crippen LogP contribution in [0.15, 0.2) is 34.9 Å². The smallest absolute Gasteiger partial charge is 0.0696 e. The molecule has 0 radical (unpaired) electrons. The molecule has 3 nitrogen and oxygen atoms in total. The summed E-state index contributed by atoms with van der Waals surface area (Å²) in [4.78, 5) is 0. The molecule has 0 amide bonds. The molecule has 106 valence electrons. The predicted octanol–water partition coefficient (Wildman–Crippen LogP) is 3.47. The first-order chi connectivity index (χ1) is 9.70. The van der Waals surface area contributed by atoms with Gasteiger partial charge in [0.1, 0.15) is 0 Å². The van der Waals surface area contributed by atoms with Crippen LogP contribution in [0.2, 0.25) is 0 Å². The van der Waals surface area contributed by atoms with Crippen LogP contribution in [0, 0.1) is 5.92 Å². The topological polar surface area (TPSA) is 43.8 Å². The summed E-state index contributed by atoms with van der Waals surface area (Å²) < 4.78 is 3.09. The van der Waals surface area contributed by atoms with Gasteiger partial charge in [-0.05, 0) is 52.2 Å². The van der Waals surface area contributed by atoms with Crippen LogP contribution >= 0.6 is 15.9 Å². The van der Waals surface area contributed by atoms with Crippen LogP contribution in [0.4, 0.5) is 0 Å². The summed E-state index contributed by atoms with van der Waals surface area (Å²) in [5.74, 6) is 0.469. The highest BCUT2D eigenvalue weighted by atomic mass is 79.9. The molecular formula is C16H20BrN3. The third-order valence-corrected chi connectivity index (χ3v) is 4.79. The number of nitrogens with two attached hydrogens (primary N) is 1. The van der Waals surface area contributed by atoms with Crippen molar-refractivity contribution in [3.63, 3.8) is 0 Å². The minimum atomic E-state index is 0.0332. The molecule has 2 N–H and O–H groups in total. The van der Waals surface area contributed by atoms with E-state index in [1.807, 2.05) is 6.20 Å². The lowest BCUT2D eigenvalue weighted by Crippen LogP contribution is -2.25. The van der Waals surface area contributed by atoms with E-state index < -0.39 is 0 Å². The third kappa shape index (κ3) is 2.42. The molecular weight excluding hydrogens is 314 g/mol. The van der Waals surface area contributed by atoms with E-state index in [1.54, 1.807) is 0 Å². The molecule has 1 atom stereocenters. The van der Waals surface area contributed by atoms with Gasteiger partial charge in [-0.3, -0.25) is 4.68 Å². The van der Waals surface area contributed by atoms with E-state index in [0.717, 1.165) is 36.0 Å². The Morgan fingerprint density at radius 2 is 2.00 bits per heavy atom. The van der Waals surface area contributed by atoms with Crippen molar-refractivity contribution in [2.45, 2.75) is 38.8 Å². The van der Waals surface area contributed by atoms with E-state index in [9.17, 15) is 0 Å². The maximum atomic E-state index is 6.57. The van der Waals surface area contributed by atoms with Crippen molar-refractivity contribution >= 4 is 15.9 Å². The Balaban J connectivity index is 1.84. The van der Waals surface area contributed by atoms with Crippen molar-refractivity contribution in [1.29, 1.82) is 0 Å². The Labute approximate surface area is 128 Å². The van der Waals surface area contributed by atoms with Crippen molar-refractivity contribution in [2.24, 2.45) is 11.7 Å². The number of hydrogen-bond donors (Lipinski definition) is 1. The average molecular weight is 334 g/mol. The Bertz CT molecular complexity index is 581. The molecule has 1 aliphatic carbocycles. The molecule has 3 rings (SSSR count). The fourth-order valence-electron chi connectivity index (χ4n) is 3.16. The lowest BCUT2D eigenvalue weighted by molar-refractivity contribution is 0.416. The molecule has 0 saturated heterocycles. The number of aryl methyl sites for hydroxylation is 1. The van der Waals surface area contributed by atoms with Crippen LogP contribution in [-0.2, 0) is 19.4 Å². The fourth-order valence-corrected chi connectivity index (χ4v) is 3.72. The summed E-state index contributed by atoms with van der Waals surface area (Å²) >= 11 is 3.61. The molecule has 4 heteroatoms. The maximum Gasteiger partial charge on any atom is 0.0696 e. The van der Waals surface area contributed by atoms with Gasteiger partial charge < -0.3 is 5.73 Å². The van der Waals surface area contributed by atoms with Crippen molar-refractivity contribution in [3.05, 3.63) is 51.8 Å². The first kappa shape index (κ1) is 13.8. The van der Waals surface area contributed by atoms with Gasteiger partial charge in [0.2, 0.25) is 0 Å². The van der Waals surface area contributed by atoms with Crippen LogP contribution in [0.1, 0.15) is 36.2 Å². The van der Waals surface area contributed by atoms with Gasteiger partial charge >= 0.3 is 0 Å². The fraction of sp³-hybridized carbons (Fsp3) is 0.438. The molecule has 2 aromatic rings. The second-order valence-electron chi connectivity index (χ2n) is 5.56. The zero-order valence-electron chi connectivity index (χ0n) is 11.7. The number of rotatable bonds is 4. The lowest BCUT2D eigenvalue weighted by Gasteiger charge is -2.21. The van der Waals surface area contributed by atoms with E-state index >= 15 is 0 Å². The van der Waals surface area contributed by atoms with Crippen LogP contribution in [-0.4, -0.2) is 9.78 Å². The Morgan fingerprint density at radius 1 is 1.35 bits per heavy atom. The van der Waals surface area contributed by atoms with Crippen molar-refractivity contribution < 1.29 is 0 Å². The van der Waals surface area contributed by atoms with Crippen LogP contribution in [0.5, 0.6) is 0 Å². The molecule has 0 aliphatic heterocycles. The van der Waals surface area contributed by atoms with E-state index in [1.165, 1.54) is 11.1 Å². The SMILES string of the molecule is CCCn1ncc(Br)c1C(N)C1Cc2ccccc2C1. The molecule has 1 unspecified atom stereocenters. The van der Waals surface area contributed by atoms with Gasteiger partial charge in [-0.1, -0.05) is 31.2 Å². The molecule has 20 heavy (non-hydrogen) atoms. The number of nitrogens with zero attached hydrogens (tertiary/aromatic N) is 2. The summed E-state index contributed by atoms with van der Waals surface area (Å²) in [7, 11) is 0. The number of benzene rings is 1. The summed E-state index contributed by atoms with van der Waals surface area (Å²) in [5.41, 5.74) is 10.6. The minimum Gasteiger partial charge on any atom is -0.322 e. The number of halogens is 1. The highest BCUT2D eigenvalue weighted by Gasteiger charge is 2.30. The van der Waals surface area contributed by atoms with Gasteiger partial charge in [-0.15, -0.1) is 0 Å². The maximum absolute atomic E-state index is 6.57. The Morgan fingerprint density at radius 3 is 2.60 bits per heavy atom. The highest BCUT2D eigenvalue weighted by Crippen LogP contribution is 2.36. The number of aromatic nitrogens is 2. The zero-order valence-corrected chi connectivity index (χ0v) is 13.3. The van der Waals surface area contributed by atoms with Crippen LogP contribution in [0.3, 0.4) is 0 Å². The number of fused-ring (bicyclic) bond motifs is 1. The van der Waals surface area contributed by atoms with Gasteiger partial charge in [0.25, 0.3) is 0 Å². The second kappa shape index (κ2) is 5.70. The molecule has 1 aromatic carbocycles. The molecule has 0 bridgehead atoms. The predicted molar refractivity (Wildman–Crippen MR) is 84.5 cm³/mol. The van der Waals surface area contributed by atoms with E-state index in [2.05, 4.69) is 56.9 Å². The lowest BCUT2D eigenvalue weighted by atomic mass is 9.94. The van der Waals surface area contributed by atoms with Gasteiger partial charge in [0.15, 0.2) is 0 Å². The standard InChI is InChI=1S/C16H20BrN3/c1-2-7-20-16(14(17)10-19-20)15(18)13-8-11-5-3-4-6-12(11)9-13/h3-6,10,13,15H,2,7-9,18H2,1H3. The summed E-state index contributed by atoms with van der Waals surface area (Å²) in [5, 5.41) is 4.44. The summed E-state index contributed by atoms with van der Waals surface area (Å²) in [6.07, 6.45) is 5.08. The first-order valence-corrected chi connectivity index (χ1v) is 8.03. The Hall–Kier alpha value is -1.13. The van der Waals surface area contributed by atoms with Crippen molar-refractivity contribution in [1.82, 2.24) is 9.78 Å². The Kier molecular flexibility index (Phi) is 3.94. The largest absolute Gasteiger partial charge is 0.322 e. The second-order valence-corrected chi connectivity index (χ2v) is 6.42. The minimum absolute atomic E-state index is 0.0332. The zero-order chi connectivity index (χ0) is 14.1. The van der Waals surface area contributed by atoms with Crippen LogP contribution in [0.25, 0.3) is 0 Å². The molecule has 1 heterocycles. The van der Waals surface area contributed by atoms with E-state index in [4.69, 9.17) is 5.73 Å². The first-order valence-electron chi connectivity index (χ1n) is 7.24. The monoisotopic (exact) mass is 333 g/mol.